The first kappa shape index (κ1) is 13.8. The molecule has 0 aromatic carbocycles. The Balaban J connectivity index is 3.95. The van der Waals surface area contributed by atoms with E-state index in [1.165, 1.54) is 0 Å². The van der Waals surface area contributed by atoms with Crippen molar-refractivity contribution in [1.29, 1.82) is 0 Å². The van der Waals surface area contributed by atoms with Gasteiger partial charge in [-0.15, -0.1) is 0 Å². The van der Waals surface area contributed by atoms with Gasteiger partial charge in [0.1, 0.15) is 0 Å². The maximum absolute atomic E-state index is 11.9. The summed E-state index contributed by atoms with van der Waals surface area (Å²) in [6.45, 7) is 9.53. The molecule has 0 aromatic heterocycles. The van der Waals surface area contributed by atoms with Gasteiger partial charge in [0, 0.05) is 12.8 Å². The summed E-state index contributed by atoms with van der Waals surface area (Å²) in [5.41, 5.74) is 0. The molecule has 0 bridgehead atoms. The fourth-order valence-electron chi connectivity index (χ4n) is 1.76. The van der Waals surface area contributed by atoms with Crippen LogP contribution in [0.25, 0.3) is 0 Å². The largest absolute Gasteiger partial charge is 0.389 e. The zero-order valence-corrected chi connectivity index (χ0v) is 9.32. The molecular weight excluding hydrogens is 191 g/mol. The third-order valence-electron chi connectivity index (χ3n) is 3.11. The Hall–Kier alpha value is -0.250. The lowest BCUT2D eigenvalue weighted by Gasteiger charge is -2.35. The van der Waals surface area contributed by atoms with Gasteiger partial charge in [-0.2, -0.15) is 13.2 Å². The molecule has 0 N–H and O–H groups in total. The van der Waals surface area contributed by atoms with Crippen LogP contribution in [0.4, 0.5) is 13.2 Å². The van der Waals surface area contributed by atoms with Crippen molar-refractivity contribution in [2.75, 3.05) is 26.2 Å². The number of nitrogens with zero attached hydrogens (tertiary/aromatic N) is 1. The van der Waals surface area contributed by atoms with Crippen molar-refractivity contribution in [2.45, 2.75) is 39.8 Å². The Morgan fingerprint density at radius 3 is 1.64 bits per heavy atom. The summed E-state index contributed by atoms with van der Waals surface area (Å²) >= 11 is 0. The van der Waals surface area contributed by atoms with E-state index in [2.05, 4.69) is 0 Å². The SMILES string of the molecule is CC[N+](CC)(CC)CCCC(F)(F)F. The van der Waals surface area contributed by atoms with Crippen LogP contribution in [-0.2, 0) is 0 Å². The molecule has 0 fully saturated rings. The molecule has 0 aliphatic heterocycles. The van der Waals surface area contributed by atoms with Gasteiger partial charge in [-0.3, -0.25) is 0 Å². The Kier molecular flexibility index (Phi) is 5.49. The van der Waals surface area contributed by atoms with Gasteiger partial charge in [0.25, 0.3) is 0 Å². The zero-order chi connectivity index (χ0) is 11.2. The topological polar surface area (TPSA) is 0 Å². The van der Waals surface area contributed by atoms with Crippen LogP contribution in [0.15, 0.2) is 0 Å². The monoisotopic (exact) mass is 212 g/mol. The second-order valence-electron chi connectivity index (χ2n) is 3.73. The minimum absolute atomic E-state index is 0.249. The lowest BCUT2D eigenvalue weighted by Crippen LogP contribution is -2.48. The summed E-state index contributed by atoms with van der Waals surface area (Å²) in [6, 6.07) is 0. The number of rotatable bonds is 6. The standard InChI is InChI=1S/C10H21F3N/c1-4-14(5-2,6-3)9-7-8-10(11,12)13/h4-9H2,1-3H3/q+1. The van der Waals surface area contributed by atoms with Crippen LogP contribution < -0.4 is 0 Å². The zero-order valence-electron chi connectivity index (χ0n) is 9.32. The van der Waals surface area contributed by atoms with Gasteiger partial charge in [-0.25, -0.2) is 0 Å². The van der Waals surface area contributed by atoms with E-state index in [9.17, 15) is 13.2 Å². The Bertz CT molecular complexity index is 142. The molecule has 0 unspecified atom stereocenters. The van der Waals surface area contributed by atoms with Crippen molar-refractivity contribution in [1.82, 2.24) is 0 Å². The van der Waals surface area contributed by atoms with Crippen molar-refractivity contribution in [2.24, 2.45) is 0 Å². The molecule has 1 nitrogen and oxygen atoms in total. The van der Waals surface area contributed by atoms with Crippen molar-refractivity contribution >= 4 is 0 Å². The normalized spacial score (nSPS) is 13.3. The van der Waals surface area contributed by atoms with Gasteiger partial charge in [-0.1, -0.05) is 0 Å². The number of halogens is 3. The highest BCUT2D eigenvalue weighted by Crippen LogP contribution is 2.22. The van der Waals surface area contributed by atoms with E-state index >= 15 is 0 Å². The molecule has 0 heterocycles. The predicted molar refractivity (Wildman–Crippen MR) is 52.0 cm³/mol. The van der Waals surface area contributed by atoms with Crippen LogP contribution in [-0.4, -0.2) is 36.8 Å². The lowest BCUT2D eigenvalue weighted by molar-refractivity contribution is -0.923. The average molecular weight is 212 g/mol. The van der Waals surface area contributed by atoms with Crippen LogP contribution >= 0.6 is 0 Å². The van der Waals surface area contributed by atoms with Gasteiger partial charge >= 0.3 is 6.18 Å². The summed E-state index contributed by atoms with van der Waals surface area (Å²) < 4.78 is 36.6. The second kappa shape index (κ2) is 5.59. The van der Waals surface area contributed by atoms with Gasteiger partial charge in [0.2, 0.25) is 0 Å². The van der Waals surface area contributed by atoms with Crippen LogP contribution in [0.3, 0.4) is 0 Å². The average Bonchev–Trinajstić information content (AvgIpc) is 2.11. The molecule has 0 spiro atoms. The number of alkyl halides is 3. The van der Waals surface area contributed by atoms with Crippen molar-refractivity contribution in [3.8, 4) is 0 Å². The fraction of sp³-hybridized carbons (Fsp3) is 1.00. The summed E-state index contributed by atoms with van der Waals surface area (Å²) in [5.74, 6) is 0. The van der Waals surface area contributed by atoms with E-state index in [1.807, 2.05) is 20.8 Å². The molecule has 0 rings (SSSR count). The third kappa shape index (κ3) is 4.84. The summed E-state index contributed by atoms with van der Waals surface area (Å²) in [5, 5.41) is 0. The highest BCUT2D eigenvalue weighted by atomic mass is 19.4. The van der Waals surface area contributed by atoms with Crippen molar-refractivity contribution in [3.05, 3.63) is 0 Å². The maximum Gasteiger partial charge on any atom is 0.389 e. The number of quaternary nitrogens is 1. The van der Waals surface area contributed by atoms with E-state index in [0.29, 0.717) is 6.54 Å². The molecule has 86 valence electrons. The Morgan fingerprint density at radius 2 is 1.36 bits per heavy atom. The number of hydrogen-bond donors (Lipinski definition) is 0. The Morgan fingerprint density at radius 1 is 0.929 bits per heavy atom. The van der Waals surface area contributed by atoms with E-state index in [-0.39, 0.29) is 6.42 Å². The second-order valence-corrected chi connectivity index (χ2v) is 3.73. The first-order valence-corrected chi connectivity index (χ1v) is 5.31. The Labute approximate surface area is 84.5 Å². The first-order valence-electron chi connectivity index (χ1n) is 5.31. The quantitative estimate of drug-likeness (QED) is 0.593. The van der Waals surface area contributed by atoms with Crippen LogP contribution in [0.5, 0.6) is 0 Å². The van der Waals surface area contributed by atoms with Crippen LogP contribution in [0, 0.1) is 0 Å². The molecule has 4 heteroatoms. The third-order valence-corrected chi connectivity index (χ3v) is 3.11. The van der Waals surface area contributed by atoms with Gasteiger partial charge in [0.05, 0.1) is 26.2 Å². The van der Waals surface area contributed by atoms with Crippen LogP contribution in [0.2, 0.25) is 0 Å². The van der Waals surface area contributed by atoms with Crippen molar-refractivity contribution in [3.63, 3.8) is 0 Å². The highest BCUT2D eigenvalue weighted by molar-refractivity contribution is 4.50. The molecule has 0 radical (unpaired) electrons. The molecular formula is C10H21F3N+. The van der Waals surface area contributed by atoms with E-state index in [0.717, 1.165) is 24.1 Å². The first-order chi connectivity index (χ1) is 6.39. The molecule has 14 heavy (non-hydrogen) atoms. The summed E-state index contributed by atoms with van der Waals surface area (Å²) in [4.78, 5) is 0. The highest BCUT2D eigenvalue weighted by Gasteiger charge is 2.29. The van der Waals surface area contributed by atoms with E-state index in [1.54, 1.807) is 0 Å². The smallest absolute Gasteiger partial charge is 0.324 e. The van der Waals surface area contributed by atoms with Crippen LogP contribution in [0.1, 0.15) is 33.6 Å². The molecule has 0 atom stereocenters. The molecule has 0 amide bonds. The summed E-state index contributed by atoms with van der Waals surface area (Å²) in [7, 11) is 0. The minimum Gasteiger partial charge on any atom is -0.324 e. The number of hydrogen-bond acceptors (Lipinski definition) is 0. The maximum atomic E-state index is 11.9. The molecule has 0 aliphatic carbocycles. The lowest BCUT2D eigenvalue weighted by atomic mass is 10.2. The van der Waals surface area contributed by atoms with Gasteiger partial charge in [0.15, 0.2) is 0 Å². The van der Waals surface area contributed by atoms with Crippen molar-refractivity contribution < 1.29 is 17.7 Å². The fourth-order valence-corrected chi connectivity index (χ4v) is 1.76. The minimum atomic E-state index is -4.00. The molecule has 0 aliphatic rings. The molecule has 0 saturated carbocycles. The molecule has 0 aromatic rings. The van der Waals surface area contributed by atoms with Gasteiger partial charge < -0.3 is 4.48 Å². The summed E-state index contributed by atoms with van der Waals surface area (Å²) in [6.07, 6.45) is -4.39. The van der Waals surface area contributed by atoms with E-state index < -0.39 is 12.6 Å². The predicted octanol–water partition coefficient (Wildman–Crippen LogP) is 3.21. The van der Waals surface area contributed by atoms with E-state index in [4.69, 9.17) is 0 Å². The molecule has 0 saturated heterocycles. The van der Waals surface area contributed by atoms with Gasteiger partial charge in [-0.05, 0) is 20.8 Å².